The number of carbonyl (C=O) groups excluding carboxylic acids is 1. The van der Waals surface area contributed by atoms with Crippen molar-refractivity contribution in [3.05, 3.63) is 58.9 Å². The van der Waals surface area contributed by atoms with Gasteiger partial charge in [-0.2, -0.15) is 0 Å². The Morgan fingerprint density at radius 3 is 2.83 bits per heavy atom. The van der Waals surface area contributed by atoms with E-state index in [4.69, 9.17) is 4.74 Å². The minimum Gasteiger partial charge on any atom is -0.515 e. The van der Waals surface area contributed by atoms with Gasteiger partial charge >= 0.3 is 5.97 Å². The van der Waals surface area contributed by atoms with Gasteiger partial charge in [0.05, 0.1) is 18.8 Å². The molecule has 1 saturated heterocycles. The molecular formula is C20H26O4. The first-order chi connectivity index (χ1) is 11.5. The van der Waals surface area contributed by atoms with Gasteiger partial charge in [0, 0.05) is 6.42 Å². The van der Waals surface area contributed by atoms with Gasteiger partial charge in [0.25, 0.3) is 0 Å². The molecule has 1 heterocycles. The Labute approximate surface area is 143 Å². The lowest BCUT2D eigenvalue weighted by atomic mass is 9.93. The lowest BCUT2D eigenvalue weighted by Crippen LogP contribution is -2.32. The number of hydrogen-bond donors (Lipinski definition) is 2. The third-order valence-electron chi connectivity index (χ3n) is 4.47. The van der Waals surface area contributed by atoms with Crippen LogP contribution in [-0.4, -0.2) is 28.4 Å². The maximum atomic E-state index is 11.4. The molecule has 0 amide bonds. The molecule has 2 unspecified atom stereocenters. The molecule has 1 fully saturated rings. The summed E-state index contributed by atoms with van der Waals surface area (Å²) < 4.78 is 5.32. The van der Waals surface area contributed by atoms with E-state index >= 15 is 0 Å². The lowest BCUT2D eigenvalue weighted by Gasteiger charge is -2.26. The topological polar surface area (TPSA) is 66.8 Å². The third kappa shape index (κ3) is 4.96. The molecule has 4 heteroatoms. The summed E-state index contributed by atoms with van der Waals surface area (Å²) in [4.78, 5) is 11.4. The van der Waals surface area contributed by atoms with Gasteiger partial charge in [0.1, 0.15) is 6.10 Å². The van der Waals surface area contributed by atoms with Crippen LogP contribution < -0.4 is 0 Å². The van der Waals surface area contributed by atoms with Crippen molar-refractivity contribution in [3.8, 4) is 0 Å². The fraction of sp³-hybridized carbons (Fsp3) is 0.450. The summed E-state index contributed by atoms with van der Waals surface area (Å²) in [5, 5.41) is 19.3. The van der Waals surface area contributed by atoms with Crippen LogP contribution in [0.4, 0.5) is 0 Å². The maximum absolute atomic E-state index is 11.4. The molecule has 0 saturated carbocycles. The van der Waals surface area contributed by atoms with Gasteiger partial charge in [-0.15, -0.1) is 0 Å². The van der Waals surface area contributed by atoms with E-state index in [-0.39, 0.29) is 18.5 Å². The fourth-order valence-electron chi connectivity index (χ4n) is 3.05. The highest BCUT2D eigenvalue weighted by Crippen LogP contribution is 2.31. The summed E-state index contributed by atoms with van der Waals surface area (Å²) in [6, 6.07) is 0. The second-order valence-electron chi connectivity index (χ2n) is 6.34. The van der Waals surface area contributed by atoms with E-state index < -0.39 is 6.10 Å². The first kappa shape index (κ1) is 18.3. The summed E-state index contributed by atoms with van der Waals surface area (Å²) in [7, 11) is 0. The minimum atomic E-state index is -0.594. The predicted molar refractivity (Wildman–Crippen MR) is 94.4 cm³/mol. The Hall–Kier alpha value is -2.07. The Balaban J connectivity index is 2.05. The molecule has 0 aromatic rings. The average molecular weight is 330 g/mol. The van der Waals surface area contributed by atoms with Crippen LogP contribution in [0, 0.1) is 0 Å². The van der Waals surface area contributed by atoms with Crippen molar-refractivity contribution >= 4 is 5.97 Å². The van der Waals surface area contributed by atoms with Crippen molar-refractivity contribution in [2.45, 2.75) is 58.2 Å². The first-order valence-corrected chi connectivity index (χ1v) is 8.44. The average Bonchev–Trinajstić information content (AvgIpc) is 2.69. The Bertz CT molecular complexity index is 620. The van der Waals surface area contributed by atoms with Gasteiger partial charge in [-0.1, -0.05) is 41.5 Å². The van der Waals surface area contributed by atoms with Crippen molar-refractivity contribution in [1.29, 1.82) is 0 Å². The number of cyclic esters (lactones) is 1. The largest absolute Gasteiger partial charge is 0.515 e. The van der Waals surface area contributed by atoms with E-state index in [9.17, 15) is 15.0 Å². The van der Waals surface area contributed by atoms with Crippen LogP contribution in [-0.2, 0) is 9.53 Å². The third-order valence-corrected chi connectivity index (χ3v) is 4.47. The number of rotatable bonds is 4. The number of aliphatic hydroxyl groups is 2. The molecule has 2 atom stereocenters. The molecule has 0 bridgehead atoms. The molecule has 2 aliphatic rings. The van der Waals surface area contributed by atoms with Crippen LogP contribution in [0.1, 0.15) is 46.0 Å². The second-order valence-corrected chi connectivity index (χ2v) is 6.34. The van der Waals surface area contributed by atoms with E-state index in [0.717, 1.165) is 17.6 Å². The van der Waals surface area contributed by atoms with Gasteiger partial charge < -0.3 is 14.9 Å². The quantitative estimate of drug-likeness (QED) is 0.603. The zero-order valence-corrected chi connectivity index (χ0v) is 14.4. The van der Waals surface area contributed by atoms with E-state index in [1.165, 1.54) is 17.4 Å². The molecule has 2 N–H and O–H groups in total. The summed E-state index contributed by atoms with van der Waals surface area (Å²) in [5.74, 6) is -0.322. The SMILES string of the molecule is C\C=C/C=C1/C=CC(C)=C(CCC2CC(O)CC(=O)O2)C/C1=C\O. The van der Waals surface area contributed by atoms with E-state index in [1.54, 1.807) is 0 Å². The summed E-state index contributed by atoms with van der Waals surface area (Å²) in [6.45, 7) is 4.01. The molecule has 1 aliphatic heterocycles. The van der Waals surface area contributed by atoms with Crippen LogP contribution in [0.15, 0.2) is 58.9 Å². The minimum absolute atomic E-state index is 0.0947. The zero-order valence-electron chi connectivity index (χ0n) is 14.4. The number of hydrogen-bond acceptors (Lipinski definition) is 4. The van der Waals surface area contributed by atoms with Crippen LogP contribution in [0.5, 0.6) is 0 Å². The van der Waals surface area contributed by atoms with Crippen molar-refractivity contribution in [1.82, 2.24) is 0 Å². The van der Waals surface area contributed by atoms with E-state index in [2.05, 4.69) is 13.0 Å². The summed E-state index contributed by atoms with van der Waals surface area (Å²) in [6.07, 6.45) is 13.0. The van der Waals surface area contributed by atoms with E-state index in [0.29, 0.717) is 19.3 Å². The molecule has 0 aromatic heterocycles. The normalized spacial score (nSPS) is 28.7. The molecule has 0 radical (unpaired) electrons. The standard InChI is InChI=1S/C20H26O4/c1-3-4-5-15-7-6-14(2)16(10-17(15)13-21)8-9-19-11-18(22)12-20(23)24-19/h3-7,13,18-19,21-22H,8-12H2,1-2H3/b4-3-,15-5-,17-13+. The Kier molecular flexibility index (Phi) is 6.62. The first-order valence-electron chi connectivity index (χ1n) is 8.44. The number of aliphatic hydroxyl groups excluding tert-OH is 2. The molecule has 130 valence electrons. The number of allylic oxidation sites excluding steroid dienone is 9. The zero-order chi connectivity index (χ0) is 17.5. The molecule has 0 aromatic carbocycles. The van der Waals surface area contributed by atoms with Crippen molar-refractivity contribution in [3.63, 3.8) is 0 Å². The van der Waals surface area contributed by atoms with Crippen molar-refractivity contribution < 1.29 is 19.7 Å². The van der Waals surface area contributed by atoms with Gasteiger partial charge in [-0.25, -0.2) is 0 Å². The molecular weight excluding hydrogens is 304 g/mol. The summed E-state index contributed by atoms with van der Waals surface area (Å²) >= 11 is 0. The summed E-state index contributed by atoms with van der Waals surface area (Å²) in [5.41, 5.74) is 4.24. The second kappa shape index (κ2) is 8.69. The van der Waals surface area contributed by atoms with Crippen LogP contribution >= 0.6 is 0 Å². The fourth-order valence-corrected chi connectivity index (χ4v) is 3.05. The van der Waals surface area contributed by atoms with Gasteiger partial charge in [-0.3, -0.25) is 4.79 Å². The highest BCUT2D eigenvalue weighted by Gasteiger charge is 2.27. The van der Waals surface area contributed by atoms with Gasteiger partial charge in [-0.05, 0) is 44.3 Å². The van der Waals surface area contributed by atoms with Crippen LogP contribution in [0.3, 0.4) is 0 Å². The lowest BCUT2D eigenvalue weighted by molar-refractivity contribution is -0.160. The van der Waals surface area contributed by atoms with Gasteiger partial charge in [0.2, 0.25) is 0 Å². The number of esters is 1. The molecule has 4 nitrogen and oxygen atoms in total. The van der Waals surface area contributed by atoms with E-state index in [1.807, 2.05) is 31.2 Å². The molecule has 24 heavy (non-hydrogen) atoms. The van der Waals surface area contributed by atoms with Crippen LogP contribution in [0.25, 0.3) is 0 Å². The molecule has 0 spiro atoms. The highest BCUT2D eigenvalue weighted by molar-refractivity contribution is 5.70. The smallest absolute Gasteiger partial charge is 0.308 e. The van der Waals surface area contributed by atoms with Gasteiger partial charge in [0.15, 0.2) is 0 Å². The highest BCUT2D eigenvalue weighted by atomic mass is 16.5. The Morgan fingerprint density at radius 2 is 2.17 bits per heavy atom. The molecule has 1 aliphatic carbocycles. The Morgan fingerprint density at radius 1 is 1.38 bits per heavy atom. The number of carbonyl (C=O) groups is 1. The van der Waals surface area contributed by atoms with Crippen LogP contribution in [0.2, 0.25) is 0 Å². The predicted octanol–water partition coefficient (Wildman–Crippen LogP) is 4.05. The monoisotopic (exact) mass is 330 g/mol. The maximum Gasteiger partial charge on any atom is 0.308 e. The van der Waals surface area contributed by atoms with Crippen molar-refractivity contribution in [2.24, 2.45) is 0 Å². The number of ether oxygens (including phenoxy) is 1. The molecule has 2 rings (SSSR count). The van der Waals surface area contributed by atoms with Crippen molar-refractivity contribution in [2.75, 3.05) is 0 Å².